The van der Waals surface area contributed by atoms with Crippen LogP contribution in [0.1, 0.15) is 53.4 Å². The van der Waals surface area contributed by atoms with Gasteiger partial charge in [0.15, 0.2) is 0 Å². The summed E-state index contributed by atoms with van der Waals surface area (Å²) in [6, 6.07) is 0. The first-order valence-corrected chi connectivity index (χ1v) is 5.34. The van der Waals surface area contributed by atoms with E-state index in [2.05, 4.69) is 27.7 Å². The molecular weight excluding hydrogens is 144 g/mol. The third-order valence-electron chi connectivity index (χ3n) is 3.58. The van der Waals surface area contributed by atoms with Gasteiger partial charge >= 0.3 is 0 Å². The van der Waals surface area contributed by atoms with E-state index in [1.165, 1.54) is 25.7 Å². The van der Waals surface area contributed by atoms with Crippen LogP contribution in [0.5, 0.6) is 0 Å². The Morgan fingerprint density at radius 1 is 0.917 bits per heavy atom. The lowest BCUT2D eigenvalue weighted by atomic mass is 9.74. The highest BCUT2D eigenvalue weighted by Crippen LogP contribution is 2.37. The zero-order valence-electron chi connectivity index (χ0n) is 8.98. The van der Waals surface area contributed by atoms with E-state index in [9.17, 15) is 0 Å². The maximum absolute atomic E-state index is 2.33. The Balaban J connectivity index is 2.68. The van der Waals surface area contributed by atoms with Crippen molar-refractivity contribution in [1.29, 1.82) is 0 Å². The van der Waals surface area contributed by atoms with Crippen molar-refractivity contribution in [3.8, 4) is 0 Å². The predicted molar refractivity (Wildman–Crippen MR) is 55.2 cm³/mol. The largest absolute Gasteiger partial charge is 0.0741 e. The Morgan fingerprint density at radius 3 is 1.50 bits per heavy atom. The average Bonchev–Trinajstić information content (AvgIpc) is 2.09. The molecule has 0 N–H and O–H groups in total. The fourth-order valence-corrected chi connectivity index (χ4v) is 2.42. The molecule has 0 aliphatic heterocycles. The monoisotopic (exact) mass is 166 g/mol. The highest BCUT2D eigenvalue weighted by atomic mass is 14.3. The third-order valence-corrected chi connectivity index (χ3v) is 3.58. The van der Waals surface area contributed by atoms with E-state index in [0.717, 1.165) is 11.8 Å². The van der Waals surface area contributed by atoms with Gasteiger partial charge in [-0.1, -0.05) is 37.8 Å². The molecule has 0 bridgehead atoms. The summed E-state index contributed by atoms with van der Waals surface area (Å²) in [4.78, 5) is 0. The van der Waals surface area contributed by atoms with Crippen molar-refractivity contribution in [2.24, 2.45) is 11.8 Å². The van der Waals surface area contributed by atoms with E-state index in [4.69, 9.17) is 0 Å². The predicted octanol–water partition coefficient (Wildman–Crippen LogP) is 4.17. The van der Waals surface area contributed by atoms with E-state index >= 15 is 0 Å². The van der Waals surface area contributed by atoms with Crippen LogP contribution in [0, 0.1) is 11.8 Å². The Labute approximate surface area is 77.1 Å². The molecule has 0 unspecified atom stereocenters. The summed E-state index contributed by atoms with van der Waals surface area (Å²) < 4.78 is 0. The summed E-state index contributed by atoms with van der Waals surface area (Å²) in [7, 11) is 0. The molecule has 1 rings (SSSR count). The van der Waals surface area contributed by atoms with Crippen LogP contribution < -0.4 is 0 Å². The molecule has 12 heavy (non-hydrogen) atoms. The highest BCUT2D eigenvalue weighted by Gasteiger charge is 2.23. The number of hydrogen-bond donors (Lipinski definition) is 0. The maximum Gasteiger partial charge on any atom is -0.0289 e. The van der Waals surface area contributed by atoms with E-state index in [1.807, 2.05) is 0 Å². The van der Waals surface area contributed by atoms with Gasteiger partial charge in [-0.05, 0) is 38.5 Å². The Morgan fingerprint density at radius 2 is 1.25 bits per heavy atom. The van der Waals surface area contributed by atoms with Gasteiger partial charge in [0.1, 0.15) is 0 Å². The average molecular weight is 166 g/mol. The molecule has 70 valence electrons. The van der Waals surface area contributed by atoms with Crippen LogP contribution in [0.4, 0.5) is 0 Å². The first-order valence-electron chi connectivity index (χ1n) is 5.34. The lowest BCUT2D eigenvalue weighted by Crippen LogP contribution is -2.19. The van der Waals surface area contributed by atoms with Crippen LogP contribution in [-0.2, 0) is 0 Å². The Hall–Kier alpha value is -0.260. The second-order valence-electron chi connectivity index (χ2n) is 4.31. The summed E-state index contributed by atoms with van der Waals surface area (Å²) in [5.41, 5.74) is 3.32. The van der Waals surface area contributed by atoms with Crippen molar-refractivity contribution in [2.75, 3.05) is 0 Å². The van der Waals surface area contributed by atoms with Gasteiger partial charge in [-0.15, -0.1) is 0 Å². The minimum atomic E-state index is 0.971. The molecule has 0 heteroatoms. The molecule has 0 saturated heterocycles. The minimum Gasteiger partial charge on any atom is -0.0741 e. The molecule has 0 aromatic rings. The van der Waals surface area contributed by atoms with Crippen LogP contribution in [0.15, 0.2) is 11.1 Å². The topological polar surface area (TPSA) is 0 Å². The molecule has 0 saturated carbocycles. The molecule has 2 atom stereocenters. The van der Waals surface area contributed by atoms with Crippen LogP contribution in [0.2, 0.25) is 0 Å². The number of allylic oxidation sites excluding steroid dienone is 2. The number of rotatable bonds is 2. The zero-order chi connectivity index (χ0) is 9.14. The van der Waals surface area contributed by atoms with E-state index in [1.54, 1.807) is 11.1 Å². The lowest BCUT2D eigenvalue weighted by Gasteiger charge is -2.31. The van der Waals surface area contributed by atoms with Gasteiger partial charge in [-0.2, -0.15) is 0 Å². The van der Waals surface area contributed by atoms with Crippen molar-refractivity contribution in [1.82, 2.24) is 0 Å². The van der Waals surface area contributed by atoms with Crippen LogP contribution in [-0.4, -0.2) is 0 Å². The molecule has 0 nitrogen and oxygen atoms in total. The third kappa shape index (κ3) is 1.91. The normalized spacial score (nSPS) is 31.0. The van der Waals surface area contributed by atoms with E-state index in [0.29, 0.717) is 0 Å². The summed E-state index contributed by atoms with van der Waals surface area (Å²) in [5, 5.41) is 0. The smallest absolute Gasteiger partial charge is 0.0289 e. The minimum absolute atomic E-state index is 0.971. The summed E-state index contributed by atoms with van der Waals surface area (Å²) in [6.07, 6.45) is 5.45. The second-order valence-corrected chi connectivity index (χ2v) is 4.31. The molecule has 0 radical (unpaired) electrons. The van der Waals surface area contributed by atoms with E-state index in [-0.39, 0.29) is 0 Å². The first kappa shape index (κ1) is 9.83. The molecule has 0 aromatic carbocycles. The fourth-order valence-electron chi connectivity index (χ4n) is 2.42. The molecule has 1 aliphatic rings. The maximum atomic E-state index is 2.33. The molecule has 0 spiro atoms. The molecule has 0 heterocycles. The fraction of sp³-hybridized carbons (Fsp3) is 0.833. The van der Waals surface area contributed by atoms with E-state index < -0.39 is 0 Å². The van der Waals surface area contributed by atoms with Gasteiger partial charge in [0.2, 0.25) is 0 Å². The van der Waals surface area contributed by atoms with Crippen LogP contribution in [0.25, 0.3) is 0 Å². The molecule has 0 aromatic heterocycles. The van der Waals surface area contributed by atoms with Crippen LogP contribution >= 0.6 is 0 Å². The number of hydrogen-bond acceptors (Lipinski definition) is 0. The Bertz CT molecular complexity index is 156. The first-order chi connectivity index (χ1) is 5.69. The molecule has 0 amide bonds. The van der Waals surface area contributed by atoms with Crippen molar-refractivity contribution in [3.05, 3.63) is 11.1 Å². The van der Waals surface area contributed by atoms with Gasteiger partial charge in [0, 0.05) is 0 Å². The van der Waals surface area contributed by atoms with Crippen molar-refractivity contribution in [2.45, 2.75) is 53.4 Å². The zero-order valence-corrected chi connectivity index (χ0v) is 8.98. The second kappa shape index (κ2) is 4.11. The van der Waals surface area contributed by atoms with Gasteiger partial charge in [-0.3, -0.25) is 0 Å². The summed E-state index contributed by atoms with van der Waals surface area (Å²) in [5.74, 6) is 1.94. The Kier molecular flexibility index (Phi) is 3.37. The summed E-state index contributed by atoms with van der Waals surface area (Å²) >= 11 is 0. The van der Waals surface area contributed by atoms with Gasteiger partial charge < -0.3 is 0 Å². The van der Waals surface area contributed by atoms with Gasteiger partial charge in [0.25, 0.3) is 0 Å². The van der Waals surface area contributed by atoms with Crippen molar-refractivity contribution >= 4 is 0 Å². The highest BCUT2D eigenvalue weighted by molar-refractivity contribution is 5.15. The van der Waals surface area contributed by atoms with Gasteiger partial charge in [0.05, 0.1) is 0 Å². The molecule has 1 aliphatic carbocycles. The van der Waals surface area contributed by atoms with Crippen molar-refractivity contribution < 1.29 is 0 Å². The SMILES string of the molecule is CC[C@@H]1CC(C)=C(C)C[C@@H]1CC. The van der Waals surface area contributed by atoms with Crippen LogP contribution in [0.3, 0.4) is 0 Å². The lowest BCUT2D eigenvalue weighted by molar-refractivity contribution is 0.289. The quantitative estimate of drug-likeness (QED) is 0.540. The van der Waals surface area contributed by atoms with Crippen molar-refractivity contribution in [3.63, 3.8) is 0 Å². The summed E-state index contributed by atoms with van der Waals surface area (Å²) in [6.45, 7) is 9.29. The molecular formula is C12H22. The van der Waals surface area contributed by atoms with Gasteiger partial charge in [-0.25, -0.2) is 0 Å². The standard InChI is InChI=1S/C12H22/c1-5-11-7-9(3)10(4)8-12(11)6-2/h11-12H,5-8H2,1-4H3/t11-,12+. The molecule has 0 fully saturated rings.